The van der Waals surface area contributed by atoms with Gasteiger partial charge in [-0.2, -0.15) is 0 Å². The Bertz CT molecular complexity index is 735. The lowest BCUT2D eigenvalue weighted by molar-refractivity contribution is -0.148. The predicted molar refractivity (Wildman–Crippen MR) is 99.3 cm³/mol. The van der Waals surface area contributed by atoms with Crippen LogP contribution in [-0.4, -0.2) is 47.4 Å². The Labute approximate surface area is 161 Å². The number of rotatable bonds is 3. The van der Waals surface area contributed by atoms with Gasteiger partial charge < -0.3 is 20.9 Å². The van der Waals surface area contributed by atoms with E-state index in [1.807, 2.05) is 13.8 Å². The molecule has 0 radical (unpaired) electrons. The van der Waals surface area contributed by atoms with E-state index in [9.17, 15) is 14.4 Å². The summed E-state index contributed by atoms with van der Waals surface area (Å²) in [6.45, 7) is 4.06. The van der Waals surface area contributed by atoms with Crippen LogP contribution in [0.15, 0.2) is 18.2 Å². The Balaban J connectivity index is 1.65. The zero-order valence-electron chi connectivity index (χ0n) is 14.4. The van der Waals surface area contributed by atoms with Crippen molar-refractivity contribution in [2.75, 3.05) is 11.9 Å². The number of benzene rings is 1. The average molecular weight is 399 g/mol. The largest absolute Gasteiger partial charge is 0.342 e. The number of para-hydroxylation sites is 1. The number of carbonyl (C=O) groups excluding carboxylic acids is 3. The molecule has 0 unspecified atom stereocenters. The molecule has 0 aliphatic carbocycles. The number of halogens is 2. The molecule has 2 heterocycles. The van der Waals surface area contributed by atoms with Crippen LogP contribution in [0, 0.1) is 5.92 Å². The third-order valence-electron chi connectivity index (χ3n) is 4.65. The van der Waals surface area contributed by atoms with Crippen LogP contribution in [0.1, 0.15) is 20.3 Å². The van der Waals surface area contributed by atoms with Crippen molar-refractivity contribution in [2.45, 2.75) is 38.4 Å². The van der Waals surface area contributed by atoms with Crippen molar-refractivity contribution in [3.8, 4) is 0 Å². The summed E-state index contributed by atoms with van der Waals surface area (Å²) in [5.41, 5.74) is 0.317. The fourth-order valence-electron chi connectivity index (χ4n) is 3.33. The highest BCUT2D eigenvalue weighted by molar-refractivity contribution is 6.39. The Hall–Kier alpha value is -1.99. The topological polar surface area (TPSA) is 90.5 Å². The molecule has 26 heavy (non-hydrogen) atoms. The van der Waals surface area contributed by atoms with Crippen LogP contribution >= 0.6 is 23.2 Å². The van der Waals surface area contributed by atoms with Gasteiger partial charge in [0, 0.05) is 6.54 Å². The summed E-state index contributed by atoms with van der Waals surface area (Å²) >= 11 is 12.1. The lowest BCUT2D eigenvalue weighted by atomic mass is 9.98. The number of fused-ring (bicyclic) bond motifs is 1. The number of carbonyl (C=O) groups is 3. The molecule has 9 heteroatoms. The minimum absolute atomic E-state index is 0.00470. The number of piperazine rings is 1. The minimum atomic E-state index is -0.549. The maximum absolute atomic E-state index is 12.6. The highest BCUT2D eigenvalue weighted by atomic mass is 35.5. The van der Waals surface area contributed by atoms with Gasteiger partial charge in [-0.05, 0) is 24.5 Å². The molecular formula is C17H20Cl2N4O3. The maximum Gasteiger partial charge on any atom is 0.319 e. The number of hydrogen-bond donors (Lipinski definition) is 3. The second kappa shape index (κ2) is 7.32. The lowest BCUT2D eigenvalue weighted by Crippen LogP contribution is -2.62. The summed E-state index contributed by atoms with van der Waals surface area (Å²) in [5.74, 6) is -0.282. The number of urea groups is 1. The molecular weight excluding hydrogens is 379 g/mol. The minimum Gasteiger partial charge on any atom is -0.342 e. The Kier molecular flexibility index (Phi) is 5.29. The van der Waals surface area contributed by atoms with Crippen molar-refractivity contribution in [1.29, 1.82) is 0 Å². The fourth-order valence-corrected chi connectivity index (χ4v) is 3.82. The van der Waals surface area contributed by atoms with Gasteiger partial charge in [-0.25, -0.2) is 4.79 Å². The standard InChI is InChI=1S/C17H20Cl2N4O3/c1-8(2)13-16(25)23-7-9(6-12(23)15(24)21-13)20-17(26)22-14-10(18)4-3-5-11(14)19/h3-5,8-9,12-13H,6-7H2,1-2H3,(H,21,24)(H2,20,22,26)/t9-,12-,13-/m0/s1. The number of nitrogens with one attached hydrogen (secondary N) is 3. The van der Waals surface area contributed by atoms with Crippen LogP contribution in [0.3, 0.4) is 0 Å². The van der Waals surface area contributed by atoms with Gasteiger partial charge in [0.25, 0.3) is 0 Å². The molecule has 0 bridgehead atoms. The van der Waals surface area contributed by atoms with Crippen molar-refractivity contribution in [1.82, 2.24) is 15.5 Å². The molecule has 0 saturated carbocycles. The van der Waals surface area contributed by atoms with Crippen LogP contribution < -0.4 is 16.0 Å². The zero-order chi connectivity index (χ0) is 19.0. The average Bonchev–Trinajstić information content (AvgIpc) is 2.99. The van der Waals surface area contributed by atoms with Crippen molar-refractivity contribution >= 4 is 46.7 Å². The van der Waals surface area contributed by atoms with Gasteiger partial charge in [-0.3, -0.25) is 9.59 Å². The molecule has 2 aliphatic heterocycles. The molecule has 3 N–H and O–H groups in total. The number of nitrogens with zero attached hydrogens (tertiary/aromatic N) is 1. The van der Waals surface area contributed by atoms with Crippen molar-refractivity contribution in [2.24, 2.45) is 5.92 Å². The van der Waals surface area contributed by atoms with Crippen molar-refractivity contribution in [3.63, 3.8) is 0 Å². The van der Waals surface area contributed by atoms with E-state index in [1.54, 1.807) is 23.1 Å². The molecule has 1 aromatic carbocycles. The van der Waals surface area contributed by atoms with Gasteiger partial charge >= 0.3 is 6.03 Å². The first-order valence-electron chi connectivity index (χ1n) is 8.40. The summed E-state index contributed by atoms with van der Waals surface area (Å²) in [5, 5.41) is 8.82. The van der Waals surface area contributed by atoms with E-state index >= 15 is 0 Å². The molecule has 1 aromatic rings. The van der Waals surface area contributed by atoms with Crippen LogP contribution in [0.4, 0.5) is 10.5 Å². The van der Waals surface area contributed by atoms with Gasteiger partial charge in [-0.1, -0.05) is 43.1 Å². The smallest absolute Gasteiger partial charge is 0.319 e. The first kappa shape index (κ1) is 18.8. The van der Waals surface area contributed by atoms with E-state index in [-0.39, 0.29) is 23.8 Å². The molecule has 2 aliphatic rings. The monoisotopic (exact) mass is 398 g/mol. The molecule has 7 nitrogen and oxygen atoms in total. The second-order valence-corrected chi connectivity index (χ2v) is 7.68. The van der Waals surface area contributed by atoms with Gasteiger partial charge in [0.1, 0.15) is 12.1 Å². The zero-order valence-corrected chi connectivity index (χ0v) is 15.9. The maximum atomic E-state index is 12.6. The van der Waals surface area contributed by atoms with E-state index in [4.69, 9.17) is 23.2 Å². The summed E-state index contributed by atoms with van der Waals surface area (Å²) in [6, 6.07) is 3.03. The third kappa shape index (κ3) is 3.59. The normalized spacial score (nSPS) is 25.1. The first-order chi connectivity index (χ1) is 12.3. The summed E-state index contributed by atoms with van der Waals surface area (Å²) in [4.78, 5) is 38.7. The summed E-state index contributed by atoms with van der Waals surface area (Å²) < 4.78 is 0. The Morgan fingerprint density at radius 1 is 1.27 bits per heavy atom. The highest BCUT2D eigenvalue weighted by Crippen LogP contribution is 2.30. The molecule has 2 saturated heterocycles. The van der Waals surface area contributed by atoms with E-state index < -0.39 is 18.1 Å². The van der Waals surface area contributed by atoms with E-state index in [2.05, 4.69) is 16.0 Å². The second-order valence-electron chi connectivity index (χ2n) is 6.86. The third-order valence-corrected chi connectivity index (χ3v) is 5.28. The molecule has 4 amide bonds. The quantitative estimate of drug-likeness (QED) is 0.728. The molecule has 0 spiro atoms. The van der Waals surface area contributed by atoms with Crippen LogP contribution in [0.25, 0.3) is 0 Å². The fraction of sp³-hybridized carbons (Fsp3) is 0.471. The lowest BCUT2D eigenvalue weighted by Gasteiger charge is -2.36. The van der Waals surface area contributed by atoms with Crippen molar-refractivity contribution < 1.29 is 14.4 Å². The van der Waals surface area contributed by atoms with E-state index in [0.29, 0.717) is 28.7 Å². The number of amides is 4. The molecule has 3 rings (SSSR count). The van der Waals surface area contributed by atoms with Gasteiger partial charge in [0.05, 0.1) is 21.8 Å². The highest BCUT2D eigenvalue weighted by Gasteiger charge is 2.47. The molecule has 0 aromatic heterocycles. The Morgan fingerprint density at radius 3 is 2.54 bits per heavy atom. The van der Waals surface area contributed by atoms with E-state index in [1.165, 1.54) is 0 Å². The van der Waals surface area contributed by atoms with Crippen LogP contribution in [0.2, 0.25) is 10.0 Å². The van der Waals surface area contributed by atoms with Crippen LogP contribution in [0.5, 0.6) is 0 Å². The predicted octanol–water partition coefficient (Wildman–Crippen LogP) is 2.24. The number of anilines is 1. The number of hydrogen-bond acceptors (Lipinski definition) is 3. The first-order valence-corrected chi connectivity index (χ1v) is 9.16. The van der Waals surface area contributed by atoms with E-state index in [0.717, 1.165) is 0 Å². The van der Waals surface area contributed by atoms with Crippen molar-refractivity contribution in [3.05, 3.63) is 28.2 Å². The molecule has 2 fully saturated rings. The van der Waals surface area contributed by atoms with Gasteiger partial charge in [-0.15, -0.1) is 0 Å². The molecule has 3 atom stereocenters. The van der Waals surface area contributed by atoms with Gasteiger partial charge in [0.2, 0.25) is 11.8 Å². The van der Waals surface area contributed by atoms with Crippen LogP contribution in [-0.2, 0) is 9.59 Å². The molecule has 140 valence electrons. The summed E-state index contributed by atoms with van der Waals surface area (Å²) in [6.07, 6.45) is 0.367. The summed E-state index contributed by atoms with van der Waals surface area (Å²) in [7, 11) is 0. The SMILES string of the molecule is CC(C)[C@@H]1NC(=O)[C@@H]2C[C@H](NC(=O)Nc3c(Cl)cccc3Cl)CN2C1=O. The van der Waals surface area contributed by atoms with Gasteiger partial charge in [0.15, 0.2) is 0 Å². The Morgan fingerprint density at radius 2 is 1.92 bits per heavy atom.